The van der Waals surface area contributed by atoms with Gasteiger partial charge in [-0.05, 0) is 49.9 Å². The molecular weight excluding hydrogens is 374 g/mol. The van der Waals surface area contributed by atoms with Gasteiger partial charge in [0.2, 0.25) is 0 Å². The molecule has 6 heteroatoms. The van der Waals surface area contributed by atoms with Crippen LogP contribution >= 0.6 is 0 Å². The average molecular weight is 397 g/mol. The van der Waals surface area contributed by atoms with E-state index in [1.807, 2.05) is 36.5 Å². The van der Waals surface area contributed by atoms with E-state index in [0.29, 0.717) is 12.8 Å². The molecule has 6 nitrogen and oxygen atoms in total. The summed E-state index contributed by atoms with van der Waals surface area (Å²) in [4.78, 5) is 28.7. The summed E-state index contributed by atoms with van der Waals surface area (Å²) in [6.07, 6.45) is 8.43. The quantitative estimate of drug-likeness (QED) is 0.519. The van der Waals surface area contributed by atoms with Crippen molar-refractivity contribution in [3.05, 3.63) is 84.2 Å². The zero-order valence-electron chi connectivity index (χ0n) is 17.1. The van der Waals surface area contributed by atoms with Gasteiger partial charge in [-0.1, -0.05) is 12.1 Å². The third-order valence-corrected chi connectivity index (χ3v) is 6.00. The molecule has 0 amide bonds. The molecule has 30 heavy (non-hydrogen) atoms. The van der Waals surface area contributed by atoms with E-state index in [0.717, 1.165) is 33.9 Å². The molecule has 1 fully saturated rings. The SMILES string of the molecule is Cc1cccnc1[C@H]1CC(=O)C[C@@H](c2cn3c(-c4cccnc4)cccc3n2)N1C. The van der Waals surface area contributed by atoms with Gasteiger partial charge in [0.15, 0.2) is 0 Å². The largest absolute Gasteiger partial charge is 0.300 e. The highest BCUT2D eigenvalue weighted by Crippen LogP contribution is 2.39. The number of rotatable bonds is 3. The monoisotopic (exact) mass is 397 g/mol. The van der Waals surface area contributed by atoms with Gasteiger partial charge in [-0.25, -0.2) is 4.98 Å². The second-order valence-electron chi connectivity index (χ2n) is 7.90. The number of aryl methyl sites for hydroxylation is 1. The average Bonchev–Trinajstić information content (AvgIpc) is 3.20. The van der Waals surface area contributed by atoms with Crippen molar-refractivity contribution in [2.45, 2.75) is 31.8 Å². The number of carbonyl (C=O) groups is 1. The first-order chi connectivity index (χ1) is 14.6. The highest BCUT2D eigenvalue weighted by Gasteiger charge is 2.36. The molecular formula is C24H23N5O. The summed E-state index contributed by atoms with van der Waals surface area (Å²) in [5, 5.41) is 0. The molecule has 1 aliphatic heterocycles. The smallest absolute Gasteiger partial charge is 0.137 e. The van der Waals surface area contributed by atoms with Crippen LogP contribution in [0.4, 0.5) is 0 Å². The minimum absolute atomic E-state index is 0.0416. The van der Waals surface area contributed by atoms with Gasteiger partial charge in [-0.2, -0.15) is 0 Å². The Morgan fingerprint density at radius 3 is 2.63 bits per heavy atom. The van der Waals surface area contributed by atoms with Gasteiger partial charge in [0.25, 0.3) is 0 Å². The Hall–Kier alpha value is -3.38. The van der Waals surface area contributed by atoms with E-state index in [9.17, 15) is 4.79 Å². The van der Waals surface area contributed by atoms with E-state index in [-0.39, 0.29) is 17.9 Å². The van der Waals surface area contributed by atoms with Gasteiger partial charge in [0.1, 0.15) is 11.4 Å². The molecule has 2 atom stereocenters. The summed E-state index contributed by atoms with van der Waals surface area (Å²) in [7, 11) is 2.07. The zero-order valence-corrected chi connectivity index (χ0v) is 17.1. The van der Waals surface area contributed by atoms with Crippen LogP contribution in [0.1, 0.15) is 41.9 Å². The molecule has 150 valence electrons. The van der Waals surface area contributed by atoms with Crippen LogP contribution < -0.4 is 0 Å². The van der Waals surface area contributed by atoms with E-state index in [1.165, 1.54) is 0 Å². The highest BCUT2D eigenvalue weighted by atomic mass is 16.1. The Balaban J connectivity index is 1.56. The van der Waals surface area contributed by atoms with E-state index < -0.39 is 0 Å². The molecule has 1 aliphatic rings. The molecule has 1 saturated heterocycles. The first-order valence-corrected chi connectivity index (χ1v) is 10.2. The van der Waals surface area contributed by atoms with E-state index >= 15 is 0 Å². The molecule has 4 aromatic heterocycles. The molecule has 5 rings (SSSR count). The van der Waals surface area contributed by atoms with E-state index in [4.69, 9.17) is 4.98 Å². The minimum Gasteiger partial charge on any atom is -0.300 e. The fourth-order valence-corrected chi connectivity index (χ4v) is 4.41. The van der Waals surface area contributed by atoms with Crippen LogP contribution in [-0.4, -0.2) is 37.1 Å². The summed E-state index contributed by atoms with van der Waals surface area (Å²) in [5.74, 6) is 0.248. The third kappa shape index (κ3) is 3.19. The number of hydrogen-bond acceptors (Lipinski definition) is 5. The number of imidazole rings is 1. The maximum absolute atomic E-state index is 12.7. The maximum atomic E-state index is 12.7. The fourth-order valence-electron chi connectivity index (χ4n) is 4.41. The molecule has 5 heterocycles. The number of nitrogens with zero attached hydrogens (tertiary/aromatic N) is 5. The summed E-state index contributed by atoms with van der Waals surface area (Å²) in [6, 6.07) is 13.9. The molecule has 0 bridgehead atoms. The second kappa shape index (κ2) is 7.46. The van der Waals surface area contributed by atoms with Crippen LogP contribution in [0.15, 0.2) is 67.3 Å². The van der Waals surface area contributed by atoms with E-state index in [2.05, 4.69) is 51.6 Å². The lowest BCUT2D eigenvalue weighted by Crippen LogP contribution is -2.37. The number of ketones is 1. The number of likely N-dealkylation sites (tertiary alicyclic amines) is 1. The predicted octanol–water partition coefficient (Wildman–Crippen LogP) is 4.18. The number of hydrogen-bond donors (Lipinski definition) is 0. The number of pyridine rings is 3. The standard InChI is InChI=1S/C24H23N5O/c1-16-6-4-11-26-24(16)22-13-18(30)12-21(28(22)2)19-15-29-20(8-3-9-23(29)27-19)17-7-5-10-25-14-17/h3-11,14-15,21-22H,12-13H2,1-2H3/t21-,22+/m0/s1. The Morgan fingerprint density at radius 2 is 1.83 bits per heavy atom. The lowest BCUT2D eigenvalue weighted by Gasteiger charge is -2.38. The van der Waals surface area contributed by atoms with Crippen LogP contribution in [0.3, 0.4) is 0 Å². The molecule has 0 spiro atoms. The first kappa shape index (κ1) is 18.6. The van der Waals surface area contributed by atoms with Crippen molar-refractivity contribution in [3.63, 3.8) is 0 Å². The van der Waals surface area contributed by atoms with Crippen molar-refractivity contribution in [2.24, 2.45) is 0 Å². The third-order valence-electron chi connectivity index (χ3n) is 6.00. The van der Waals surface area contributed by atoms with Crippen molar-refractivity contribution in [2.75, 3.05) is 7.05 Å². The van der Waals surface area contributed by atoms with Crippen LogP contribution in [0.25, 0.3) is 16.9 Å². The number of aromatic nitrogens is 4. The normalized spacial score (nSPS) is 20.0. The van der Waals surface area contributed by atoms with Crippen LogP contribution in [0.2, 0.25) is 0 Å². The molecule has 0 aromatic carbocycles. The first-order valence-electron chi connectivity index (χ1n) is 10.2. The summed E-state index contributed by atoms with van der Waals surface area (Å²) >= 11 is 0. The fraction of sp³-hybridized carbons (Fsp3) is 0.250. The van der Waals surface area contributed by atoms with Crippen molar-refractivity contribution in [1.82, 2.24) is 24.3 Å². The molecule has 0 unspecified atom stereocenters. The number of carbonyl (C=O) groups excluding carboxylic acids is 1. The molecule has 0 N–H and O–H groups in total. The Morgan fingerprint density at radius 1 is 1.00 bits per heavy atom. The summed E-state index contributed by atoms with van der Waals surface area (Å²) in [6.45, 7) is 2.05. The minimum atomic E-state index is -0.0840. The maximum Gasteiger partial charge on any atom is 0.137 e. The van der Waals surface area contributed by atoms with Crippen LogP contribution in [-0.2, 0) is 4.79 Å². The Bertz CT molecular complexity index is 1220. The van der Waals surface area contributed by atoms with Gasteiger partial charge in [0.05, 0.1) is 29.2 Å². The Kier molecular flexibility index (Phi) is 4.64. The van der Waals surface area contributed by atoms with Crippen LogP contribution in [0, 0.1) is 6.92 Å². The number of Topliss-reactive ketones (excluding diaryl/α,β-unsaturated/α-hetero) is 1. The number of piperidine rings is 1. The van der Waals surface area contributed by atoms with Gasteiger partial charge in [-0.3, -0.25) is 24.1 Å². The zero-order chi connectivity index (χ0) is 20.7. The van der Waals surface area contributed by atoms with Gasteiger partial charge in [-0.15, -0.1) is 0 Å². The van der Waals surface area contributed by atoms with Crippen molar-refractivity contribution < 1.29 is 4.79 Å². The molecule has 0 saturated carbocycles. The second-order valence-corrected chi connectivity index (χ2v) is 7.90. The molecule has 4 aromatic rings. The van der Waals surface area contributed by atoms with Crippen molar-refractivity contribution in [3.8, 4) is 11.3 Å². The van der Waals surface area contributed by atoms with Crippen LogP contribution in [0.5, 0.6) is 0 Å². The Labute approximate surface area is 175 Å². The van der Waals surface area contributed by atoms with Gasteiger partial charge < -0.3 is 0 Å². The topological polar surface area (TPSA) is 63.4 Å². The molecule has 0 aliphatic carbocycles. The molecule has 0 radical (unpaired) electrons. The number of fused-ring (bicyclic) bond motifs is 1. The summed E-state index contributed by atoms with van der Waals surface area (Å²) < 4.78 is 2.08. The van der Waals surface area contributed by atoms with Crippen molar-refractivity contribution >= 4 is 11.4 Å². The highest BCUT2D eigenvalue weighted by molar-refractivity contribution is 5.81. The lowest BCUT2D eigenvalue weighted by molar-refractivity contribution is -0.125. The summed E-state index contributed by atoms with van der Waals surface area (Å²) in [5.41, 5.74) is 5.90. The van der Waals surface area contributed by atoms with Crippen molar-refractivity contribution in [1.29, 1.82) is 0 Å². The lowest BCUT2D eigenvalue weighted by atomic mass is 9.90. The van der Waals surface area contributed by atoms with Gasteiger partial charge in [0, 0.05) is 43.2 Å². The van der Waals surface area contributed by atoms with Gasteiger partial charge >= 0.3 is 0 Å². The predicted molar refractivity (Wildman–Crippen MR) is 115 cm³/mol. The van der Waals surface area contributed by atoms with E-state index in [1.54, 1.807) is 12.4 Å².